The zero-order valence-electron chi connectivity index (χ0n) is 11.2. The van der Waals surface area contributed by atoms with Gasteiger partial charge in [-0.25, -0.2) is 0 Å². The van der Waals surface area contributed by atoms with Crippen LogP contribution < -0.4 is 14.8 Å². The normalized spacial score (nSPS) is 19.5. The third-order valence-electron chi connectivity index (χ3n) is 3.29. The molecule has 0 amide bonds. The largest absolute Gasteiger partial charge is 0.490 e. The highest BCUT2D eigenvalue weighted by Gasteiger charge is 2.12. The van der Waals surface area contributed by atoms with E-state index in [-0.39, 0.29) is 0 Å². The quantitative estimate of drug-likeness (QED) is 0.840. The van der Waals surface area contributed by atoms with Crippen molar-refractivity contribution in [3.8, 4) is 11.5 Å². The van der Waals surface area contributed by atoms with Crippen LogP contribution in [0.1, 0.15) is 32.6 Å². The second kappa shape index (κ2) is 7.27. The summed E-state index contributed by atoms with van der Waals surface area (Å²) in [7, 11) is 0. The average Bonchev–Trinajstić information content (AvgIpc) is 2.42. The molecule has 1 aromatic rings. The highest BCUT2D eigenvalue weighted by atomic mass is 16.5. The maximum atomic E-state index is 5.83. The van der Waals surface area contributed by atoms with Crippen LogP contribution in [-0.4, -0.2) is 25.8 Å². The van der Waals surface area contributed by atoms with Crippen molar-refractivity contribution in [2.24, 2.45) is 0 Å². The Bertz CT molecular complexity index is 348. The van der Waals surface area contributed by atoms with Crippen LogP contribution in [0.3, 0.4) is 0 Å². The summed E-state index contributed by atoms with van der Waals surface area (Å²) in [4.78, 5) is 0. The number of ether oxygens (including phenoxy) is 2. The number of hydrogen-bond donors (Lipinski definition) is 1. The molecule has 18 heavy (non-hydrogen) atoms. The van der Waals surface area contributed by atoms with Gasteiger partial charge in [-0.1, -0.05) is 18.6 Å². The van der Waals surface area contributed by atoms with Gasteiger partial charge in [-0.05, 0) is 44.9 Å². The van der Waals surface area contributed by atoms with Crippen LogP contribution in [0.15, 0.2) is 24.3 Å². The number of nitrogens with one attached hydrogen (secondary N) is 1. The van der Waals surface area contributed by atoms with Crippen molar-refractivity contribution in [1.82, 2.24) is 5.32 Å². The molecular formula is C15H23NO2. The SMILES string of the molecule is CCOc1ccccc1OCC[C@@H]1CCCCN1. The summed E-state index contributed by atoms with van der Waals surface area (Å²) in [6.45, 7) is 4.56. The zero-order chi connectivity index (χ0) is 12.6. The fourth-order valence-corrected chi connectivity index (χ4v) is 2.33. The lowest BCUT2D eigenvalue weighted by atomic mass is 10.0. The van der Waals surface area contributed by atoms with Crippen molar-refractivity contribution in [2.45, 2.75) is 38.6 Å². The van der Waals surface area contributed by atoms with E-state index < -0.39 is 0 Å². The predicted octanol–water partition coefficient (Wildman–Crippen LogP) is 3.00. The number of rotatable bonds is 6. The Morgan fingerprint density at radius 1 is 1.17 bits per heavy atom. The summed E-state index contributed by atoms with van der Waals surface area (Å²) in [5.74, 6) is 1.70. The standard InChI is InChI=1S/C15H23NO2/c1-2-17-14-8-3-4-9-15(14)18-12-10-13-7-5-6-11-16-13/h3-4,8-9,13,16H,2,5-7,10-12H2,1H3/t13-/m0/s1. The Morgan fingerprint density at radius 2 is 1.94 bits per heavy atom. The fourth-order valence-electron chi connectivity index (χ4n) is 2.33. The number of para-hydroxylation sites is 2. The molecule has 0 unspecified atom stereocenters. The second-order valence-electron chi connectivity index (χ2n) is 4.66. The lowest BCUT2D eigenvalue weighted by Crippen LogP contribution is -2.35. The minimum Gasteiger partial charge on any atom is -0.490 e. The van der Waals surface area contributed by atoms with Gasteiger partial charge in [-0.15, -0.1) is 0 Å². The van der Waals surface area contributed by atoms with Gasteiger partial charge in [0.05, 0.1) is 13.2 Å². The van der Waals surface area contributed by atoms with Crippen molar-refractivity contribution < 1.29 is 9.47 Å². The fraction of sp³-hybridized carbons (Fsp3) is 0.600. The molecule has 0 spiro atoms. The van der Waals surface area contributed by atoms with Gasteiger partial charge in [-0.2, -0.15) is 0 Å². The third kappa shape index (κ3) is 3.91. The number of benzene rings is 1. The van der Waals surface area contributed by atoms with Gasteiger partial charge in [0.2, 0.25) is 0 Å². The van der Waals surface area contributed by atoms with E-state index in [0.29, 0.717) is 12.6 Å². The monoisotopic (exact) mass is 249 g/mol. The molecule has 0 saturated carbocycles. The average molecular weight is 249 g/mol. The molecule has 1 aliphatic rings. The molecule has 1 atom stereocenters. The predicted molar refractivity (Wildman–Crippen MR) is 73.4 cm³/mol. The van der Waals surface area contributed by atoms with E-state index >= 15 is 0 Å². The molecule has 1 N–H and O–H groups in total. The molecular weight excluding hydrogens is 226 g/mol. The second-order valence-corrected chi connectivity index (χ2v) is 4.66. The summed E-state index contributed by atoms with van der Waals surface area (Å²) in [6.07, 6.45) is 4.99. The van der Waals surface area contributed by atoms with E-state index in [0.717, 1.165) is 31.1 Å². The maximum absolute atomic E-state index is 5.83. The Morgan fingerprint density at radius 3 is 2.61 bits per heavy atom. The van der Waals surface area contributed by atoms with E-state index in [2.05, 4.69) is 5.32 Å². The molecule has 0 bridgehead atoms. The summed E-state index contributed by atoms with van der Waals surface area (Å²) in [6, 6.07) is 8.51. The third-order valence-corrected chi connectivity index (χ3v) is 3.29. The molecule has 3 nitrogen and oxygen atoms in total. The minimum atomic E-state index is 0.623. The molecule has 3 heteroatoms. The molecule has 1 saturated heterocycles. The van der Waals surface area contributed by atoms with Crippen LogP contribution in [0.4, 0.5) is 0 Å². The Hall–Kier alpha value is -1.22. The maximum Gasteiger partial charge on any atom is 0.161 e. The zero-order valence-corrected chi connectivity index (χ0v) is 11.2. The van der Waals surface area contributed by atoms with Crippen LogP contribution in [0, 0.1) is 0 Å². The first-order valence-corrected chi connectivity index (χ1v) is 6.98. The van der Waals surface area contributed by atoms with Gasteiger partial charge in [0.1, 0.15) is 0 Å². The van der Waals surface area contributed by atoms with Crippen LogP contribution in [0.2, 0.25) is 0 Å². The van der Waals surface area contributed by atoms with Gasteiger partial charge in [0, 0.05) is 6.04 Å². The van der Waals surface area contributed by atoms with Gasteiger partial charge in [0.25, 0.3) is 0 Å². The van der Waals surface area contributed by atoms with Crippen molar-refractivity contribution in [3.05, 3.63) is 24.3 Å². The summed E-state index contributed by atoms with van der Waals surface area (Å²) in [5, 5.41) is 3.53. The topological polar surface area (TPSA) is 30.5 Å². The first-order valence-electron chi connectivity index (χ1n) is 6.98. The van der Waals surface area contributed by atoms with Crippen LogP contribution in [0.5, 0.6) is 11.5 Å². The van der Waals surface area contributed by atoms with Crippen molar-refractivity contribution in [2.75, 3.05) is 19.8 Å². The van der Waals surface area contributed by atoms with E-state index in [9.17, 15) is 0 Å². The van der Waals surface area contributed by atoms with E-state index in [1.165, 1.54) is 19.3 Å². The molecule has 1 heterocycles. The molecule has 0 aliphatic carbocycles. The van der Waals surface area contributed by atoms with E-state index in [4.69, 9.17) is 9.47 Å². The molecule has 1 aromatic carbocycles. The van der Waals surface area contributed by atoms with Crippen LogP contribution in [-0.2, 0) is 0 Å². The Balaban J connectivity index is 1.78. The minimum absolute atomic E-state index is 0.623. The molecule has 100 valence electrons. The van der Waals surface area contributed by atoms with Gasteiger partial charge >= 0.3 is 0 Å². The molecule has 0 aromatic heterocycles. The highest BCUT2D eigenvalue weighted by Crippen LogP contribution is 2.26. The smallest absolute Gasteiger partial charge is 0.161 e. The van der Waals surface area contributed by atoms with E-state index in [1.807, 2.05) is 31.2 Å². The lowest BCUT2D eigenvalue weighted by Gasteiger charge is -2.23. The summed E-state index contributed by atoms with van der Waals surface area (Å²) >= 11 is 0. The summed E-state index contributed by atoms with van der Waals surface area (Å²) < 4.78 is 11.4. The van der Waals surface area contributed by atoms with Gasteiger partial charge < -0.3 is 14.8 Å². The number of hydrogen-bond acceptors (Lipinski definition) is 3. The lowest BCUT2D eigenvalue weighted by molar-refractivity contribution is 0.249. The van der Waals surface area contributed by atoms with Gasteiger partial charge in [-0.3, -0.25) is 0 Å². The van der Waals surface area contributed by atoms with Gasteiger partial charge in [0.15, 0.2) is 11.5 Å². The van der Waals surface area contributed by atoms with Crippen molar-refractivity contribution in [1.29, 1.82) is 0 Å². The molecule has 0 radical (unpaired) electrons. The first kappa shape index (κ1) is 13.2. The first-order chi connectivity index (χ1) is 8.90. The van der Waals surface area contributed by atoms with Crippen LogP contribution in [0.25, 0.3) is 0 Å². The molecule has 2 rings (SSSR count). The Kier molecular flexibility index (Phi) is 5.34. The summed E-state index contributed by atoms with van der Waals surface area (Å²) in [5.41, 5.74) is 0. The van der Waals surface area contributed by atoms with E-state index in [1.54, 1.807) is 0 Å². The number of piperidine rings is 1. The molecule has 1 aliphatic heterocycles. The van der Waals surface area contributed by atoms with Crippen molar-refractivity contribution >= 4 is 0 Å². The van der Waals surface area contributed by atoms with Crippen LogP contribution >= 0.6 is 0 Å². The van der Waals surface area contributed by atoms with Crippen molar-refractivity contribution in [3.63, 3.8) is 0 Å². The Labute approximate surface area is 109 Å². The highest BCUT2D eigenvalue weighted by molar-refractivity contribution is 5.39. The molecule has 1 fully saturated rings.